The summed E-state index contributed by atoms with van der Waals surface area (Å²) in [7, 11) is 0. The summed E-state index contributed by atoms with van der Waals surface area (Å²) in [5.74, 6) is 0.761. The number of halogens is 1. The van der Waals surface area contributed by atoms with Crippen LogP contribution in [0.3, 0.4) is 0 Å². The highest BCUT2D eigenvalue weighted by molar-refractivity contribution is 6.31. The van der Waals surface area contributed by atoms with Crippen LogP contribution in [-0.4, -0.2) is 16.0 Å². The van der Waals surface area contributed by atoms with Crippen LogP contribution in [0.25, 0.3) is 0 Å². The molecule has 0 aliphatic carbocycles. The summed E-state index contributed by atoms with van der Waals surface area (Å²) in [6.45, 7) is 4.42. The highest BCUT2D eigenvalue weighted by Crippen LogP contribution is 2.22. The van der Waals surface area contributed by atoms with Crippen molar-refractivity contribution in [2.75, 3.05) is 0 Å². The lowest BCUT2D eigenvalue weighted by atomic mass is 10.1. The third-order valence-electron chi connectivity index (χ3n) is 3.29. The zero-order valence-electron chi connectivity index (χ0n) is 12.3. The first kappa shape index (κ1) is 15.7. The molecular weight excluding hydrogens is 286 g/mol. The van der Waals surface area contributed by atoms with Gasteiger partial charge in [-0.2, -0.15) is 0 Å². The fraction of sp³-hybridized carbons (Fsp3) is 0.375. The van der Waals surface area contributed by atoms with Crippen molar-refractivity contribution in [1.29, 1.82) is 0 Å². The standard InChI is InChI=1S/C16H20ClN3O/c1-3-13(18)8-15-16(5-4-11(2)20-15)21-10-12-6-7-19-9-14(12)17/h4-7,9,13H,3,8,10,18H2,1-2H3. The average Bonchev–Trinajstić information content (AvgIpc) is 2.48. The Kier molecular flexibility index (Phi) is 5.53. The Morgan fingerprint density at radius 3 is 2.86 bits per heavy atom. The van der Waals surface area contributed by atoms with Gasteiger partial charge in [-0.1, -0.05) is 18.5 Å². The minimum Gasteiger partial charge on any atom is -0.487 e. The van der Waals surface area contributed by atoms with Gasteiger partial charge in [0.2, 0.25) is 0 Å². The van der Waals surface area contributed by atoms with Gasteiger partial charge in [0.15, 0.2) is 0 Å². The van der Waals surface area contributed by atoms with Crippen LogP contribution in [0.4, 0.5) is 0 Å². The quantitative estimate of drug-likeness (QED) is 0.889. The van der Waals surface area contributed by atoms with Crippen LogP contribution in [0.1, 0.15) is 30.3 Å². The molecule has 0 bridgehead atoms. The third-order valence-corrected chi connectivity index (χ3v) is 3.63. The number of aryl methyl sites for hydroxylation is 1. The minimum atomic E-state index is 0.0890. The molecule has 0 aromatic carbocycles. The molecular formula is C16H20ClN3O. The van der Waals surface area contributed by atoms with Crippen LogP contribution in [0, 0.1) is 6.92 Å². The second-order valence-electron chi connectivity index (χ2n) is 5.03. The fourth-order valence-electron chi connectivity index (χ4n) is 1.94. The molecule has 0 fully saturated rings. The van der Waals surface area contributed by atoms with Crippen LogP contribution in [-0.2, 0) is 13.0 Å². The van der Waals surface area contributed by atoms with E-state index in [1.807, 2.05) is 25.1 Å². The molecule has 0 spiro atoms. The summed E-state index contributed by atoms with van der Waals surface area (Å²) in [6.07, 6.45) is 4.93. The maximum atomic E-state index is 6.08. The summed E-state index contributed by atoms with van der Waals surface area (Å²) in [6, 6.07) is 5.81. The van der Waals surface area contributed by atoms with E-state index in [2.05, 4.69) is 16.9 Å². The molecule has 112 valence electrons. The Bertz CT molecular complexity index is 604. The van der Waals surface area contributed by atoms with Crippen molar-refractivity contribution in [3.63, 3.8) is 0 Å². The molecule has 0 amide bonds. The van der Waals surface area contributed by atoms with E-state index in [0.717, 1.165) is 29.1 Å². The first-order chi connectivity index (χ1) is 10.1. The van der Waals surface area contributed by atoms with Crippen molar-refractivity contribution in [3.8, 4) is 5.75 Å². The maximum absolute atomic E-state index is 6.08. The van der Waals surface area contributed by atoms with Crippen LogP contribution < -0.4 is 10.5 Å². The van der Waals surface area contributed by atoms with E-state index >= 15 is 0 Å². The number of nitrogens with zero attached hydrogens (tertiary/aromatic N) is 2. The van der Waals surface area contributed by atoms with Crippen molar-refractivity contribution >= 4 is 11.6 Å². The van der Waals surface area contributed by atoms with Gasteiger partial charge in [-0.25, -0.2) is 0 Å². The molecule has 2 aromatic heterocycles. The van der Waals surface area contributed by atoms with E-state index in [9.17, 15) is 0 Å². The molecule has 0 saturated carbocycles. The number of aromatic nitrogens is 2. The summed E-state index contributed by atoms with van der Waals surface area (Å²) in [5, 5.41) is 0.601. The molecule has 4 nitrogen and oxygen atoms in total. The first-order valence-electron chi connectivity index (χ1n) is 7.03. The average molecular weight is 306 g/mol. The lowest BCUT2D eigenvalue weighted by Gasteiger charge is -2.14. The summed E-state index contributed by atoms with van der Waals surface area (Å²) >= 11 is 6.08. The zero-order valence-corrected chi connectivity index (χ0v) is 13.1. The number of ether oxygens (including phenoxy) is 1. The number of nitrogens with two attached hydrogens (primary N) is 1. The van der Waals surface area contributed by atoms with Gasteiger partial charge in [0.05, 0.1) is 10.7 Å². The molecule has 2 N–H and O–H groups in total. The Morgan fingerprint density at radius 1 is 1.33 bits per heavy atom. The van der Waals surface area contributed by atoms with E-state index < -0.39 is 0 Å². The van der Waals surface area contributed by atoms with E-state index in [-0.39, 0.29) is 6.04 Å². The molecule has 5 heteroatoms. The summed E-state index contributed by atoms with van der Waals surface area (Å²) < 4.78 is 5.87. The SMILES string of the molecule is CCC(N)Cc1nc(C)ccc1OCc1ccncc1Cl. The van der Waals surface area contributed by atoms with Crippen LogP contribution in [0.2, 0.25) is 5.02 Å². The fourth-order valence-corrected chi connectivity index (χ4v) is 2.12. The van der Waals surface area contributed by atoms with Crippen LogP contribution in [0.15, 0.2) is 30.6 Å². The molecule has 1 atom stereocenters. The monoisotopic (exact) mass is 305 g/mol. The molecule has 0 aliphatic rings. The van der Waals surface area contributed by atoms with E-state index in [0.29, 0.717) is 18.1 Å². The van der Waals surface area contributed by atoms with Gasteiger partial charge in [-0.3, -0.25) is 9.97 Å². The summed E-state index contributed by atoms with van der Waals surface area (Å²) in [5.41, 5.74) is 8.79. The Hall–Kier alpha value is -1.65. The zero-order chi connectivity index (χ0) is 15.2. The molecule has 0 aliphatic heterocycles. The topological polar surface area (TPSA) is 61.0 Å². The van der Waals surface area contributed by atoms with Crippen LogP contribution >= 0.6 is 11.6 Å². The molecule has 21 heavy (non-hydrogen) atoms. The van der Waals surface area contributed by atoms with Gasteiger partial charge in [-0.05, 0) is 31.5 Å². The van der Waals surface area contributed by atoms with Gasteiger partial charge < -0.3 is 10.5 Å². The smallest absolute Gasteiger partial charge is 0.141 e. The van der Waals surface area contributed by atoms with E-state index in [4.69, 9.17) is 22.1 Å². The molecule has 2 rings (SSSR count). The highest BCUT2D eigenvalue weighted by Gasteiger charge is 2.11. The molecule has 2 aromatic rings. The third kappa shape index (κ3) is 4.41. The molecule has 2 heterocycles. The van der Waals surface area contributed by atoms with Gasteiger partial charge in [-0.15, -0.1) is 0 Å². The second kappa shape index (κ2) is 7.38. The molecule has 1 unspecified atom stereocenters. The predicted molar refractivity (Wildman–Crippen MR) is 84.5 cm³/mol. The van der Waals surface area contributed by atoms with Gasteiger partial charge in [0.25, 0.3) is 0 Å². The van der Waals surface area contributed by atoms with Crippen molar-refractivity contribution in [2.45, 2.75) is 39.3 Å². The maximum Gasteiger partial charge on any atom is 0.141 e. The van der Waals surface area contributed by atoms with Crippen molar-refractivity contribution < 1.29 is 4.74 Å². The number of rotatable bonds is 6. The Labute approximate surface area is 130 Å². The van der Waals surface area contributed by atoms with Crippen molar-refractivity contribution in [1.82, 2.24) is 9.97 Å². The lowest BCUT2D eigenvalue weighted by Crippen LogP contribution is -2.22. The molecule has 0 radical (unpaired) electrons. The molecule has 0 saturated heterocycles. The number of hydrogen-bond acceptors (Lipinski definition) is 4. The predicted octanol–water partition coefficient (Wildman–Crippen LogP) is 3.30. The van der Waals surface area contributed by atoms with Gasteiger partial charge >= 0.3 is 0 Å². The second-order valence-corrected chi connectivity index (χ2v) is 5.43. The van der Waals surface area contributed by atoms with Crippen LogP contribution in [0.5, 0.6) is 5.75 Å². The minimum absolute atomic E-state index is 0.0890. The first-order valence-corrected chi connectivity index (χ1v) is 7.41. The van der Waals surface area contributed by atoms with Crippen molar-refractivity contribution in [3.05, 3.63) is 52.6 Å². The van der Waals surface area contributed by atoms with Gasteiger partial charge in [0, 0.05) is 36.1 Å². The van der Waals surface area contributed by atoms with Crippen molar-refractivity contribution in [2.24, 2.45) is 5.73 Å². The Morgan fingerprint density at radius 2 is 2.14 bits per heavy atom. The lowest BCUT2D eigenvalue weighted by molar-refractivity contribution is 0.300. The number of pyridine rings is 2. The Balaban J connectivity index is 2.14. The van der Waals surface area contributed by atoms with E-state index in [1.54, 1.807) is 12.4 Å². The normalized spacial score (nSPS) is 12.2. The van der Waals surface area contributed by atoms with E-state index in [1.165, 1.54) is 0 Å². The largest absolute Gasteiger partial charge is 0.487 e. The summed E-state index contributed by atoms with van der Waals surface area (Å²) in [4.78, 5) is 8.51. The van der Waals surface area contributed by atoms with Gasteiger partial charge in [0.1, 0.15) is 12.4 Å². The number of hydrogen-bond donors (Lipinski definition) is 1. The highest BCUT2D eigenvalue weighted by atomic mass is 35.5.